The highest BCUT2D eigenvalue weighted by Crippen LogP contribution is 2.27. The Balaban J connectivity index is 3.00. The highest BCUT2D eigenvalue weighted by molar-refractivity contribution is 8.13. The summed E-state index contributed by atoms with van der Waals surface area (Å²) in [4.78, 5) is 11.4. The van der Waals surface area contributed by atoms with Crippen LogP contribution in [0.25, 0.3) is 0 Å². The van der Waals surface area contributed by atoms with Gasteiger partial charge < -0.3 is 10.1 Å². The standard InChI is InChI=1S/C12H14Cl2FNO4S/c1-3-20-7(2)6-16-12(17)8-4-11(21(14,18)19)9(13)5-10(8)15/h4-5,7H,3,6H2,1-2H3,(H,16,17). The molecule has 118 valence electrons. The average molecular weight is 358 g/mol. The van der Waals surface area contributed by atoms with Gasteiger partial charge in [0.1, 0.15) is 10.7 Å². The Hall–Kier alpha value is -0.890. The van der Waals surface area contributed by atoms with Crippen LogP contribution < -0.4 is 5.32 Å². The first kappa shape index (κ1) is 18.2. The van der Waals surface area contributed by atoms with Crippen LogP contribution in [0.15, 0.2) is 17.0 Å². The lowest BCUT2D eigenvalue weighted by molar-refractivity contribution is 0.0693. The van der Waals surface area contributed by atoms with E-state index < -0.39 is 31.2 Å². The molecule has 1 aromatic rings. The number of ether oxygens (including phenoxy) is 1. The van der Waals surface area contributed by atoms with Crippen LogP contribution in [-0.2, 0) is 13.8 Å². The number of benzene rings is 1. The number of hydrogen-bond donors (Lipinski definition) is 1. The van der Waals surface area contributed by atoms with E-state index in [0.717, 1.165) is 12.1 Å². The smallest absolute Gasteiger partial charge is 0.262 e. The Morgan fingerprint density at radius 2 is 2.10 bits per heavy atom. The number of carbonyl (C=O) groups is 1. The lowest BCUT2D eigenvalue weighted by Crippen LogP contribution is -2.32. The fraction of sp³-hybridized carbons (Fsp3) is 0.417. The van der Waals surface area contributed by atoms with Crippen LogP contribution in [0.4, 0.5) is 4.39 Å². The van der Waals surface area contributed by atoms with Crippen molar-refractivity contribution in [2.45, 2.75) is 24.8 Å². The van der Waals surface area contributed by atoms with Gasteiger partial charge in [-0.15, -0.1) is 0 Å². The number of amides is 1. The highest BCUT2D eigenvalue weighted by atomic mass is 35.7. The molecular weight excluding hydrogens is 344 g/mol. The van der Waals surface area contributed by atoms with E-state index in [4.69, 9.17) is 27.0 Å². The third-order valence-corrected chi connectivity index (χ3v) is 4.32. The number of carbonyl (C=O) groups excluding carboxylic acids is 1. The van der Waals surface area contributed by atoms with Crippen molar-refractivity contribution in [3.63, 3.8) is 0 Å². The van der Waals surface area contributed by atoms with Crippen molar-refractivity contribution >= 4 is 37.2 Å². The normalized spacial score (nSPS) is 13.0. The predicted octanol–water partition coefficient (Wildman–Crippen LogP) is 2.56. The maximum absolute atomic E-state index is 13.7. The molecule has 0 aromatic heterocycles. The first-order chi connectivity index (χ1) is 9.66. The first-order valence-corrected chi connectivity index (χ1v) is 8.69. The average Bonchev–Trinajstić information content (AvgIpc) is 2.34. The molecule has 0 aliphatic rings. The van der Waals surface area contributed by atoms with Crippen LogP contribution in [0.5, 0.6) is 0 Å². The second kappa shape index (κ2) is 7.40. The van der Waals surface area contributed by atoms with E-state index in [-0.39, 0.29) is 17.7 Å². The van der Waals surface area contributed by atoms with Gasteiger partial charge in [0, 0.05) is 23.8 Å². The molecule has 21 heavy (non-hydrogen) atoms. The van der Waals surface area contributed by atoms with Crippen molar-refractivity contribution in [2.24, 2.45) is 0 Å². The molecule has 0 aliphatic heterocycles. The monoisotopic (exact) mass is 357 g/mol. The van der Waals surface area contributed by atoms with Gasteiger partial charge in [-0.1, -0.05) is 11.6 Å². The molecule has 1 unspecified atom stereocenters. The third kappa shape index (κ3) is 5.10. The van der Waals surface area contributed by atoms with E-state index in [1.54, 1.807) is 13.8 Å². The van der Waals surface area contributed by atoms with E-state index in [1.807, 2.05) is 0 Å². The zero-order valence-corrected chi connectivity index (χ0v) is 13.6. The molecule has 0 saturated heterocycles. The van der Waals surface area contributed by atoms with Crippen molar-refractivity contribution in [3.05, 3.63) is 28.5 Å². The summed E-state index contributed by atoms with van der Waals surface area (Å²) in [7, 11) is 0.998. The zero-order valence-electron chi connectivity index (χ0n) is 11.3. The highest BCUT2D eigenvalue weighted by Gasteiger charge is 2.21. The fourth-order valence-electron chi connectivity index (χ4n) is 1.57. The van der Waals surface area contributed by atoms with Gasteiger partial charge >= 0.3 is 0 Å². The molecule has 1 rings (SSSR count). The maximum Gasteiger partial charge on any atom is 0.262 e. The molecule has 0 bridgehead atoms. The molecule has 0 radical (unpaired) electrons. The van der Waals surface area contributed by atoms with E-state index in [2.05, 4.69) is 5.32 Å². The summed E-state index contributed by atoms with van der Waals surface area (Å²) in [6.45, 7) is 4.16. The summed E-state index contributed by atoms with van der Waals surface area (Å²) >= 11 is 5.60. The van der Waals surface area contributed by atoms with Gasteiger partial charge in [-0.05, 0) is 26.0 Å². The van der Waals surface area contributed by atoms with Gasteiger partial charge in [0.2, 0.25) is 0 Å². The Labute approximate surface area is 131 Å². The van der Waals surface area contributed by atoms with Crippen LogP contribution in [0.3, 0.4) is 0 Å². The van der Waals surface area contributed by atoms with Gasteiger partial charge in [-0.25, -0.2) is 12.8 Å². The lowest BCUT2D eigenvalue weighted by atomic mass is 10.2. The summed E-state index contributed by atoms with van der Waals surface area (Å²) < 4.78 is 41.5. The molecule has 0 saturated carbocycles. The van der Waals surface area contributed by atoms with E-state index >= 15 is 0 Å². The van der Waals surface area contributed by atoms with Crippen LogP contribution >= 0.6 is 22.3 Å². The molecule has 1 atom stereocenters. The SMILES string of the molecule is CCOC(C)CNC(=O)c1cc(S(=O)(=O)Cl)c(Cl)cc1F. The molecule has 0 heterocycles. The maximum atomic E-state index is 13.7. The van der Waals surface area contributed by atoms with Gasteiger partial charge in [0.25, 0.3) is 15.0 Å². The van der Waals surface area contributed by atoms with E-state index in [9.17, 15) is 17.6 Å². The summed E-state index contributed by atoms with van der Waals surface area (Å²) in [5, 5.41) is 2.05. The molecule has 9 heteroatoms. The molecule has 5 nitrogen and oxygen atoms in total. The molecule has 0 aliphatic carbocycles. The first-order valence-electron chi connectivity index (χ1n) is 6.00. The predicted molar refractivity (Wildman–Crippen MR) is 77.9 cm³/mol. The Morgan fingerprint density at radius 1 is 1.48 bits per heavy atom. The van der Waals surface area contributed by atoms with Gasteiger partial charge in [-0.2, -0.15) is 0 Å². The Morgan fingerprint density at radius 3 is 2.62 bits per heavy atom. The molecule has 1 amide bonds. The zero-order chi connectivity index (χ0) is 16.2. The number of halogens is 3. The quantitative estimate of drug-likeness (QED) is 0.794. The van der Waals surface area contributed by atoms with Gasteiger partial charge in [0.15, 0.2) is 0 Å². The summed E-state index contributed by atoms with van der Waals surface area (Å²) in [6, 6.07) is 1.54. The number of hydrogen-bond acceptors (Lipinski definition) is 4. The van der Waals surface area contributed by atoms with E-state index in [0.29, 0.717) is 6.61 Å². The minimum Gasteiger partial charge on any atom is -0.377 e. The number of nitrogens with one attached hydrogen (secondary N) is 1. The Bertz CT molecular complexity index is 636. The van der Waals surface area contributed by atoms with Crippen molar-refractivity contribution in [2.75, 3.05) is 13.2 Å². The molecule has 1 N–H and O–H groups in total. The fourth-order valence-corrected chi connectivity index (χ4v) is 3.07. The van der Waals surface area contributed by atoms with Crippen LogP contribution in [0, 0.1) is 5.82 Å². The van der Waals surface area contributed by atoms with Crippen molar-refractivity contribution in [1.82, 2.24) is 5.32 Å². The van der Waals surface area contributed by atoms with E-state index in [1.165, 1.54) is 0 Å². The topological polar surface area (TPSA) is 72.5 Å². The second-order valence-corrected chi connectivity index (χ2v) is 7.12. The second-order valence-electron chi connectivity index (χ2n) is 4.18. The summed E-state index contributed by atoms with van der Waals surface area (Å²) in [5.74, 6) is -1.72. The van der Waals surface area contributed by atoms with Crippen molar-refractivity contribution in [1.29, 1.82) is 0 Å². The largest absolute Gasteiger partial charge is 0.377 e. The summed E-state index contributed by atoms with van der Waals surface area (Å²) in [6.07, 6.45) is -0.259. The minimum atomic E-state index is -4.18. The van der Waals surface area contributed by atoms with Gasteiger partial charge in [-0.3, -0.25) is 4.79 Å². The molecular formula is C12H14Cl2FNO4S. The van der Waals surface area contributed by atoms with Crippen molar-refractivity contribution < 1.29 is 22.3 Å². The molecule has 1 aromatic carbocycles. The third-order valence-electron chi connectivity index (χ3n) is 2.53. The Kier molecular flexibility index (Phi) is 6.40. The van der Waals surface area contributed by atoms with Crippen molar-refractivity contribution in [3.8, 4) is 0 Å². The molecule has 0 spiro atoms. The lowest BCUT2D eigenvalue weighted by Gasteiger charge is -2.13. The summed E-state index contributed by atoms with van der Waals surface area (Å²) in [5.41, 5.74) is -0.456. The van der Waals surface area contributed by atoms with Crippen LogP contribution in [0.2, 0.25) is 5.02 Å². The molecule has 0 fully saturated rings. The number of rotatable bonds is 6. The van der Waals surface area contributed by atoms with Crippen LogP contribution in [0.1, 0.15) is 24.2 Å². The van der Waals surface area contributed by atoms with Crippen LogP contribution in [-0.4, -0.2) is 33.6 Å². The van der Waals surface area contributed by atoms with Gasteiger partial charge in [0.05, 0.1) is 16.7 Å². The minimum absolute atomic E-state index is 0.150.